The first-order chi connectivity index (χ1) is 14.9. The van der Waals surface area contributed by atoms with Crippen molar-refractivity contribution in [1.82, 2.24) is 24.9 Å². The third-order valence-electron chi connectivity index (χ3n) is 4.70. The number of pyridine rings is 5. The summed E-state index contributed by atoms with van der Waals surface area (Å²) in [5, 5.41) is 0. The van der Waals surface area contributed by atoms with Crippen LogP contribution in [0.25, 0.3) is 45.3 Å². The highest BCUT2D eigenvalue weighted by Gasteiger charge is 2.11. The monoisotopic (exact) mass is 387 g/mol. The molecule has 5 aromatic heterocycles. The first-order valence-corrected chi connectivity index (χ1v) is 9.59. The molecule has 0 aliphatic heterocycles. The van der Waals surface area contributed by atoms with Gasteiger partial charge in [0.25, 0.3) is 0 Å². The van der Waals surface area contributed by atoms with Crippen LogP contribution in [0.2, 0.25) is 0 Å². The molecule has 0 saturated heterocycles. The zero-order valence-electron chi connectivity index (χ0n) is 16.1. The molecule has 0 amide bonds. The molecule has 0 atom stereocenters. The van der Waals surface area contributed by atoms with E-state index in [9.17, 15) is 0 Å². The molecule has 0 N–H and O–H groups in total. The van der Waals surface area contributed by atoms with Crippen molar-refractivity contribution in [2.45, 2.75) is 0 Å². The van der Waals surface area contributed by atoms with Gasteiger partial charge in [-0.05, 0) is 71.8 Å². The third-order valence-corrected chi connectivity index (χ3v) is 4.70. The summed E-state index contributed by atoms with van der Waals surface area (Å²) in [6.07, 6.45) is 7.13. The van der Waals surface area contributed by atoms with E-state index < -0.39 is 0 Å². The lowest BCUT2D eigenvalue weighted by Gasteiger charge is -2.10. The van der Waals surface area contributed by atoms with Crippen molar-refractivity contribution in [3.63, 3.8) is 0 Å². The quantitative estimate of drug-likeness (QED) is 0.417. The van der Waals surface area contributed by atoms with Crippen LogP contribution in [0.4, 0.5) is 0 Å². The molecule has 0 bridgehead atoms. The number of aromatic nitrogens is 5. The summed E-state index contributed by atoms with van der Waals surface area (Å²) in [4.78, 5) is 22.7. The fourth-order valence-electron chi connectivity index (χ4n) is 3.25. The molecule has 142 valence electrons. The molecular weight excluding hydrogens is 370 g/mol. The standard InChI is InChI=1S/C25H17N5/c1-4-11-26-20(7-1)23-15-18(10-14-29-23)19-16-24(21-8-2-5-12-27-21)30-25(17-19)22-9-3-6-13-28-22/h1-17H. The Bertz CT molecular complexity index is 1220. The van der Waals surface area contributed by atoms with E-state index in [1.807, 2.05) is 78.9 Å². The molecule has 5 heteroatoms. The predicted octanol–water partition coefficient (Wildman–Crippen LogP) is 5.33. The SMILES string of the molecule is c1ccc(-c2cc(-c3cc(-c4ccccn4)nc(-c4ccccn4)c3)ccn2)nc1. The molecule has 0 fully saturated rings. The summed E-state index contributed by atoms with van der Waals surface area (Å²) in [7, 11) is 0. The summed E-state index contributed by atoms with van der Waals surface area (Å²) in [5.74, 6) is 0. The van der Waals surface area contributed by atoms with Crippen LogP contribution in [0.5, 0.6) is 0 Å². The van der Waals surface area contributed by atoms with E-state index in [1.165, 1.54) is 0 Å². The van der Waals surface area contributed by atoms with Gasteiger partial charge in [-0.2, -0.15) is 0 Å². The highest BCUT2D eigenvalue weighted by Crippen LogP contribution is 2.30. The second-order valence-corrected chi connectivity index (χ2v) is 6.70. The highest BCUT2D eigenvalue weighted by atomic mass is 14.8. The normalized spacial score (nSPS) is 10.7. The Balaban J connectivity index is 1.67. The van der Waals surface area contributed by atoms with Gasteiger partial charge < -0.3 is 0 Å². The topological polar surface area (TPSA) is 64.5 Å². The van der Waals surface area contributed by atoms with Crippen molar-refractivity contribution in [2.24, 2.45) is 0 Å². The Hall–Kier alpha value is -4.25. The Morgan fingerprint density at radius 3 is 1.33 bits per heavy atom. The smallest absolute Gasteiger partial charge is 0.0900 e. The molecule has 0 spiro atoms. The molecule has 0 unspecified atom stereocenters. The lowest BCUT2D eigenvalue weighted by molar-refractivity contribution is 1.22. The zero-order valence-corrected chi connectivity index (χ0v) is 16.1. The van der Waals surface area contributed by atoms with Crippen LogP contribution in [0.1, 0.15) is 0 Å². The molecule has 0 aliphatic carbocycles. The van der Waals surface area contributed by atoms with Crippen LogP contribution in [-0.2, 0) is 0 Å². The van der Waals surface area contributed by atoms with E-state index in [4.69, 9.17) is 4.98 Å². The van der Waals surface area contributed by atoms with E-state index in [0.29, 0.717) is 0 Å². The largest absolute Gasteiger partial charge is 0.255 e. The summed E-state index contributed by atoms with van der Waals surface area (Å²) in [6, 6.07) is 25.6. The first kappa shape index (κ1) is 17.8. The molecule has 0 radical (unpaired) electrons. The van der Waals surface area contributed by atoms with Crippen molar-refractivity contribution >= 4 is 0 Å². The van der Waals surface area contributed by atoms with Gasteiger partial charge in [-0.3, -0.25) is 19.9 Å². The maximum Gasteiger partial charge on any atom is 0.0900 e. The van der Waals surface area contributed by atoms with E-state index in [2.05, 4.69) is 19.9 Å². The van der Waals surface area contributed by atoms with Crippen LogP contribution in [0.15, 0.2) is 104 Å². The van der Waals surface area contributed by atoms with Crippen LogP contribution >= 0.6 is 0 Å². The minimum absolute atomic E-state index is 0.796. The van der Waals surface area contributed by atoms with Gasteiger partial charge in [-0.25, -0.2) is 4.98 Å². The van der Waals surface area contributed by atoms with Gasteiger partial charge in [0.1, 0.15) is 0 Å². The molecule has 0 aliphatic rings. The second kappa shape index (κ2) is 8.01. The van der Waals surface area contributed by atoms with E-state index in [-0.39, 0.29) is 0 Å². The van der Waals surface area contributed by atoms with Crippen LogP contribution in [0, 0.1) is 0 Å². The fourth-order valence-corrected chi connectivity index (χ4v) is 3.25. The lowest BCUT2D eigenvalue weighted by atomic mass is 10.0. The van der Waals surface area contributed by atoms with Crippen LogP contribution in [-0.4, -0.2) is 24.9 Å². The molecule has 5 nitrogen and oxygen atoms in total. The van der Waals surface area contributed by atoms with Gasteiger partial charge in [0.15, 0.2) is 0 Å². The lowest BCUT2D eigenvalue weighted by Crippen LogP contribution is -1.94. The predicted molar refractivity (Wildman–Crippen MR) is 117 cm³/mol. The summed E-state index contributed by atoms with van der Waals surface area (Å²) in [5.41, 5.74) is 6.93. The Morgan fingerprint density at radius 2 is 0.833 bits per heavy atom. The van der Waals surface area contributed by atoms with Gasteiger partial charge >= 0.3 is 0 Å². The molecule has 5 rings (SSSR count). The molecule has 0 saturated carbocycles. The Kier molecular flexibility index (Phi) is 4.76. The summed E-state index contributed by atoms with van der Waals surface area (Å²) < 4.78 is 0. The number of hydrogen-bond acceptors (Lipinski definition) is 5. The maximum atomic E-state index is 4.83. The van der Waals surface area contributed by atoms with Gasteiger partial charge in [0, 0.05) is 24.8 Å². The minimum atomic E-state index is 0.796. The molecule has 0 aromatic carbocycles. The number of nitrogens with zero attached hydrogens (tertiary/aromatic N) is 5. The van der Waals surface area contributed by atoms with Gasteiger partial charge in [-0.15, -0.1) is 0 Å². The van der Waals surface area contributed by atoms with Gasteiger partial charge in [-0.1, -0.05) is 18.2 Å². The Morgan fingerprint density at radius 1 is 0.367 bits per heavy atom. The minimum Gasteiger partial charge on any atom is -0.255 e. The van der Waals surface area contributed by atoms with E-state index >= 15 is 0 Å². The highest BCUT2D eigenvalue weighted by molar-refractivity contribution is 5.76. The van der Waals surface area contributed by atoms with Crippen molar-refractivity contribution in [3.8, 4) is 45.3 Å². The van der Waals surface area contributed by atoms with Gasteiger partial charge in [0.05, 0.1) is 34.2 Å². The maximum absolute atomic E-state index is 4.83. The van der Waals surface area contributed by atoms with E-state index in [1.54, 1.807) is 24.8 Å². The first-order valence-electron chi connectivity index (χ1n) is 9.59. The average Bonchev–Trinajstić information content (AvgIpc) is 2.85. The molecule has 30 heavy (non-hydrogen) atoms. The van der Waals surface area contributed by atoms with Crippen molar-refractivity contribution in [1.29, 1.82) is 0 Å². The number of hydrogen-bond donors (Lipinski definition) is 0. The second-order valence-electron chi connectivity index (χ2n) is 6.70. The zero-order chi connectivity index (χ0) is 20.2. The summed E-state index contributed by atoms with van der Waals surface area (Å²) in [6.45, 7) is 0. The average molecular weight is 387 g/mol. The third kappa shape index (κ3) is 3.69. The molecular formula is C25H17N5. The van der Waals surface area contributed by atoms with Crippen molar-refractivity contribution in [2.75, 3.05) is 0 Å². The van der Waals surface area contributed by atoms with Crippen LogP contribution in [0.3, 0.4) is 0 Å². The van der Waals surface area contributed by atoms with Gasteiger partial charge in [0.2, 0.25) is 0 Å². The number of rotatable bonds is 4. The van der Waals surface area contributed by atoms with Crippen molar-refractivity contribution < 1.29 is 0 Å². The fraction of sp³-hybridized carbons (Fsp3) is 0. The molecule has 5 aromatic rings. The Labute approximate surface area is 174 Å². The van der Waals surface area contributed by atoms with E-state index in [0.717, 1.165) is 45.3 Å². The van der Waals surface area contributed by atoms with Crippen LogP contribution < -0.4 is 0 Å². The summed E-state index contributed by atoms with van der Waals surface area (Å²) >= 11 is 0. The van der Waals surface area contributed by atoms with Crippen molar-refractivity contribution in [3.05, 3.63) is 104 Å². The molecule has 5 heterocycles.